The predicted octanol–water partition coefficient (Wildman–Crippen LogP) is 8.25. The van der Waals surface area contributed by atoms with E-state index in [0.29, 0.717) is 0 Å². The third-order valence-corrected chi connectivity index (χ3v) is 9.14. The van der Waals surface area contributed by atoms with Gasteiger partial charge < -0.3 is 0 Å². The van der Waals surface area contributed by atoms with Crippen LogP contribution in [-0.2, 0) is 0 Å². The van der Waals surface area contributed by atoms with Crippen molar-refractivity contribution in [1.82, 2.24) is 0 Å². The highest BCUT2D eigenvalue weighted by Gasteiger charge is 2.22. The van der Waals surface area contributed by atoms with Crippen molar-refractivity contribution < 1.29 is 0 Å². The lowest BCUT2D eigenvalue weighted by Crippen LogP contribution is -2.01. The Morgan fingerprint density at radius 2 is 0.545 bits per heavy atom. The van der Waals surface area contributed by atoms with Gasteiger partial charge in [-0.25, -0.2) is 0 Å². The van der Waals surface area contributed by atoms with Crippen LogP contribution in [-0.4, -0.2) is 0 Å². The van der Waals surface area contributed by atoms with E-state index in [1.807, 2.05) is 0 Å². The molecule has 22 heavy (non-hydrogen) atoms. The fourth-order valence-corrected chi connectivity index (χ4v) is 5.19. The molecule has 0 aliphatic carbocycles. The zero-order valence-electron chi connectivity index (χ0n) is 13.5. The second-order valence-electron chi connectivity index (χ2n) is 5.76. The first-order chi connectivity index (χ1) is 10.1. The Morgan fingerprint density at radius 1 is 0.364 bits per heavy atom. The second kappa shape index (κ2) is 6.70. The fraction of sp³-hybridized carbons (Fsp3) is 0.333. The van der Waals surface area contributed by atoms with Crippen molar-refractivity contribution in [3.63, 3.8) is 0 Å². The van der Waals surface area contributed by atoms with Crippen LogP contribution in [0.15, 0.2) is 17.9 Å². The first-order valence-electron chi connectivity index (χ1n) is 7.01. The first kappa shape index (κ1) is 18.7. The average Bonchev–Trinajstić information content (AvgIpc) is 2.50. The molecule has 0 aromatic heterocycles. The van der Waals surface area contributed by atoms with Crippen molar-refractivity contribution in [1.29, 1.82) is 0 Å². The standard InChI is InChI=1S/C18H18Br4/c1-7-13(8(2)16(20)11(5)15(7)19)14-9(3)17(21)12(6)18(22)10(14)4/h1-6H3. The van der Waals surface area contributed by atoms with Gasteiger partial charge in [-0.1, -0.05) is 63.7 Å². The fourth-order valence-electron chi connectivity index (χ4n) is 3.07. The highest BCUT2D eigenvalue weighted by atomic mass is 79.9. The van der Waals surface area contributed by atoms with E-state index < -0.39 is 0 Å². The smallest absolute Gasteiger partial charge is 0.0251 e. The van der Waals surface area contributed by atoms with Crippen molar-refractivity contribution in [2.75, 3.05) is 0 Å². The minimum Gasteiger partial charge on any atom is -0.0502 e. The summed E-state index contributed by atoms with van der Waals surface area (Å²) in [5.74, 6) is 0. The molecular weight excluding hydrogens is 536 g/mol. The molecule has 0 heterocycles. The summed E-state index contributed by atoms with van der Waals surface area (Å²) in [4.78, 5) is 0. The Balaban J connectivity index is 3.03. The number of rotatable bonds is 1. The molecule has 0 N–H and O–H groups in total. The minimum absolute atomic E-state index is 1.17. The van der Waals surface area contributed by atoms with Gasteiger partial charge in [0.15, 0.2) is 0 Å². The molecule has 2 aromatic carbocycles. The molecule has 0 aliphatic heterocycles. The van der Waals surface area contributed by atoms with Crippen LogP contribution in [0.25, 0.3) is 11.1 Å². The molecule has 0 spiro atoms. The molecule has 0 radical (unpaired) electrons. The Morgan fingerprint density at radius 3 is 0.727 bits per heavy atom. The van der Waals surface area contributed by atoms with Crippen LogP contribution < -0.4 is 0 Å². The second-order valence-corrected chi connectivity index (χ2v) is 8.93. The number of hydrogen-bond acceptors (Lipinski definition) is 0. The topological polar surface area (TPSA) is 0 Å². The zero-order valence-corrected chi connectivity index (χ0v) is 19.9. The Kier molecular flexibility index (Phi) is 5.69. The van der Waals surface area contributed by atoms with Gasteiger partial charge in [0.1, 0.15) is 0 Å². The van der Waals surface area contributed by atoms with E-state index in [9.17, 15) is 0 Å². The van der Waals surface area contributed by atoms with Crippen LogP contribution >= 0.6 is 63.7 Å². The van der Waals surface area contributed by atoms with Crippen molar-refractivity contribution in [3.05, 3.63) is 51.3 Å². The summed E-state index contributed by atoms with van der Waals surface area (Å²) < 4.78 is 4.69. The van der Waals surface area contributed by atoms with Crippen molar-refractivity contribution in [2.24, 2.45) is 0 Å². The van der Waals surface area contributed by atoms with E-state index in [0.717, 1.165) is 0 Å². The maximum atomic E-state index is 3.76. The van der Waals surface area contributed by atoms with Gasteiger partial charge in [0.2, 0.25) is 0 Å². The van der Waals surface area contributed by atoms with Crippen LogP contribution in [0.4, 0.5) is 0 Å². The molecule has 2 rings (SSSR count). The summed E-state index contributed by atoms with van der Waals surface area (Å²) in [7, 11) is 0. The molecule has 0 amide bonds. The number of halogens is 4. The van der Waals surface area contributed by atoms with Gasteiger partial charge in [-0.15, -0.1) is 0 Å². The molecule has 0 unspecified atom stereocenters. The van der Waals surface area contributed by atoms with E-state index >= 15 is 0 Å². The monoisotopic (exact) mass is 550 g/mol. The van der Waals surface area contributed by atoms with E-state index in [-0.39, 0.29) is 0 Å². The molecule has 0 aliphatic rings. The molecule has 0 atom stereocenters. The summed E-state index contributed by atoms with van der Waals surface area (Å²) in [6.45, 7) is 13.0. The SMILES string of the molecule is Cc1c(Br)c(C)c(-c2c(C)c(Br)c(C)c(Br)c2C)c(C)c1Br. The average molecular weight is 554 g/mol. The lowest BCUT2D eigenvalue weighted by molar-refractivity contribution is 1.22. The van der Waals surface area contributed by atoms with Crippen LogP contribution in [0.1, 0.15) is 33.4 Å². The lowest BCUT2D eigenvalue weighted by Gasteiger charge is -2.23. The van der Waals surface area contributed by atoms with Gasteiger partial charge >= 0.3 is 0 Å². The van der Waals surface area contributed by atoms with Gasteiger partial charge in [-0.05, 0) is 86.1 Å². The van der Waals surface area contributed by atoms with Gasteiger partial charge in [0.05, 0.1) is 0 Å². The highest BCUT2D eigenvalue weighted by molar-refractivity contribution is 9.11. The minimum atomic E-state index is 1.17. The highest BCUT2D eigenvalue weighted by Crippen LogP contribution is 2.45. The normalized spacial score (nSPS) is 11.2. The summed E-state index contributed by atoms with van der Waals surface area (Å²) in [5.41, 5.74) is 10.2. The van der Waals surface area contributed by atoms with Gasteiger partial charge in [0, 0.05) is 17.9 Å². The Bertz CT molecular complexity index is 663. The third-order valence-electron chi connectivity index (χ3n) is 4.38. The number of hydrogen-bond donors (Lipinski definition) is 0. The molecule has 0 nitrogen and oxygen atoms in total. The largest absolute Gasteiger partial charge is 0.0502 e. The molecule has 0 saturated carbocycles. The molecule has 0 bridgehead atoms. The third kappa shape index (κ3) is 2.78. The Labute approximate surface area is 166 Å². The van der Waals surface area contributed by atoms with E-state index in [1.165, 1.54) is 62.4 Å². The molecular formula is C18H18Br4. The van der Waals surface area contributed by atoms with E-state index in [4.69, 9.17) is 0 Å². The molecule has 2 aromatic rings. The lowest BCUT2D eigenvalue weighted by atomic mass is 9.87. The van der Waals surface area contributed by atoms with E-state index in [1.54, 1.807) is 0 Å². The van der Waals surface area contributed by atoms with E-state index in [2.05, 4.69) is 105 Å². The first-order valence-corrected chi connectivity index (χ1v) is 10.2. The van der Waals surface area contributed by atoms with Gasteiger partial charge in [-0.3, -0.25) is 0 Å². The molecule has 0 saturated heterocycles. The van der Waals surface area contributed by atoms with Crippen molar-refractivity contribution >= 4 is 63.7 Å². The molecule has 118 valence electrons. The number of benzene rings is 2. The summed E-state index contributed by atoms with van der Waals surface area (Å²) in [6.07, 6.45) is 0. The molecule has 4 heteroatoms. The summed E-state index contributed by atoms with van der Waals surface area (Å²) in [5, 5.41) is 0. The van der Waals surface area contributed by atoms with Crippen molar-refractivity contribution in [3.8, 4) is 11.1 Å². The molecule has 0 fully saturated rings. The van der Waals surface area contributed by atoms with Crippen LogP contribution in [0.5, 0.6) is 0 Å². The zero-order chi connectivity index (χ0) is 16.9. The van der Waals surface area contributed by atoms with Gasteiger partial charge in [-0.2, -0.15) is 0 Å². The van der Waals surface area contributed by atoms with Crippen LogP contribution in [0, 0.1) is 41.5 Å². The summed E-state index contributed by atoms with van der Waals surface area (Å²) in [6, 6.07) is 0. The maximum absolute atomic E-state index is 3.76. The van der Waals surface area contributed by atoms with Crippen LogP contribution in [0.2, 0.25) is 0 Å². The quantitative estimate of drug-likeness (QED) is 0.333. The predicted molar refractivity (Wildman–Crippen MR) is 111 cm³/mol. The Hall–Kier alpha value is 0.360. The summed E-state index contributed by atoms with van der Waals surface area (Å²) >= 11 is 15.0. The van der Waals surface area contributed by atoms with Crippen molar-refractivity contribution in [2.45, 2.75) is 41.5 Å². The van der Waals surface area contributed by atoms with Crippen LogP contribution in [0.3, 0.4) is 0 Å². The van der Waals surface area contributed by atoms with Gasteiger partial charge in [0.25, 0.3) is 0 Å². The maximum Gasteiger partial charge on any atom is 0.0251 e.